The average molecular weight is 1510 g/mol. The summed E-state index contributed by atoms with van der Waals surface area (Å²) in [6, 6.07) is 18.1. The van der Waals surface area contributed by atoms with Crippen molar-refractivity contribution in [2.75, 3.05) is 80.0 Å². The number of aliphatic hydroxyl groups is 1. The molecule has 7 rings (SSSR count). The molecule has 1 saturated heterocycles. The van der Waals surface area contributed by atoms with Crippen molar-refractivity contribution in [2.45, 2.75) is 188 Å². The summed E-state index contributed by atoms with van der Waals surface area (Å²) in [5.41, 5.74) is -1.18. The molecule has 108 heavy (non-hydrogen) atoms. The number of ketones is 2. The zero-order chi connectivity index (χ0) is 80.1. The largest absolute Gasteiger partial charge is 0.455 e. The second-order valence-electron chi connectivity index (χ2n) is 31.2. The Kier molecular flexibility index (Phi) is 28.8. The van der Waals surface area contributed by atoms with Gasteiger partial charge in [-0.2, -0.15) is 0 Å². The number of ether oxygens (including phenoxy) is 8. The lowest BCUT2D eigenvalue weighted by atomic mass is 9.44. The smallest absolute Gasteiger partial charge is 0.410 e. The molecule has 13 atom stereocenters. The highest BCUT2D eigenvalue weighted by atomic mass is 16.6. The van der Waals surface area contributed by atoms with Gasteiger partial charge in [-0.25, -0.2) is 24.0 Å². The van der Waals surface area contributed by atoms with Crippen LogP contribution in [0.5, 0.6) is 0 Å². The predicted molar refractivity (Wildman–Crippen MR) is 394 cm³/mol. The van der Waals surface area contributed by atoms with Crippen LogP contribution in [0.15, 0.2) is 96.1 Å². The average Bonchev–Trinajstić information content (AvgIpc) is 0.668. The minimum atomic E-state index is -2.38. The number of nitrogens with zero attached hydrogens (tertiary/aromatic N) is 3. The number of rotatable bonds is 32. The fourth-order valence-electron chi connectivity index (χ4n) is 14.8. The third-order valence-electron chi connectivity index (χ3n) is 20.9. The van der Waals surface area contributed by atoms with E-state index in [1.807, 2.05) is 20.8 Å². The molecule has 3 aromatic rings. The number of urea groups is 1. The number of nitrogens with two attached hydrogens (primary N) is 1. The van der Waals surface area contributed by atoms with Gasteiger partial charge in [-0.1, -0.05) is 123 Å². The highest BCUT2D eigenvalue weighted by molar-refractivity contribution is 5.99. The molecule has 8 amide bonds. The molecule has 2 bridgehead atoms. The number of esters is 3. The highest BCUT2D eigenvalue weighted by Gasteiger charge is 2.78. The van der Waals surface area contributed by atoms with Crippen LogP contribution in [-0.4, -0.2) is 226 Å². The molecule has 0 spiro atoms. The molecule has 30 nitrogen and oxygen atoms in total. The molecule has 2 saturated carbocycles. The Morgan fingerprint density at radius 1 is 0.769 bits per heavy atom. The van der Waals surface area contributed by atoms with E-state index < -0.39 is 166 Å². The molecule has 3 fully saturated rings. The maximum absolute atomic E-state index is 16.1. The molecule has 8 N–H and O–H groups in total. The number of hydrogen-bond acceptors (Lipinski definition) is 22. The van der Waals surface area contributed by atoms with Gasteiger partial charge < -0.3 is 85.1 Å². The summed E-state index contributed by atoms with van der Waals surface area (Å²) in [6.45, 7) is 19.3. The van der Waals surface area contributed by atoms with Gasteiger partial charge >= 0.3 is 36.1 Å². The number of likely N-dealkylation sites (N-methyl/N-ethyl adjacent to an activating group) is 3. The number of primary amides is 1. The number of Topliss-reactive ketones (excluding diaryl/α,β-unsaturated/α-hetero) is 2. The van der Waals surface area contributed by atoms with Crippen molar-refractivity contribution in [3.8, 4) is 0 Å². The normalized spacial score (nSPS) is 23.9. The number of nitrogens with one attached hydrogen (secondary N) is 5. The van der Waals surface area contributed by atoms with Gasteiger partial charge in [-0.3, -0.25) is 38.5 Å². The highest BCUT2D eigenvalue weighted by Crippen LogP contribution is 2.65. The van der Waals surface area contributed by atoms with Crippen LogP contribution >= 0.6 is 0 Å². The van der Waals surface area contributed by atoms with Crippen LogP contribution in [0.25, 0.3) is 0 Å². The number of carbonyl (C=O) groups excluding carboxylic acids is 12. The Morgan fingerprint density at radius 2 is 1.39 bits per heavy atom. The zero-order valence-electron chi connectivity index (χ0n) is 65.0. The van der Waals surface area contributed by atoms with Crippen LogP contribution in [0.1, 0.15) is 143 Å². The molecule has 0 radical (unpaired) electrons. The van der Waals surface area contributed by atoms with Gasteiger partial charge in [0.15, 0.2) is 11.4 Å². The van der Waals surface area contributed by atoms with Crippen molar-refractivity contribution in [2.24, 2.45) is 39.7 Å². The SMILES string of the molecule is CO[C@H]1C(=O)[C@]2(C)[C@@H](OC)C[C@H]3OC[C@@]3(OC(C)=O)[C@H]2[C@H](OC(=O)c2ccccc2)[C@]2(O)C[C@H](OC(=O)[C@H](OC(=O)N(C)CCN(C)C(=O)OCc3ccc(NC(=O)[C@H](CCCNC(N)=O)NC(=O)[C@@H](NC(=O)CN(C)CC(=O)C(C)C)C(C)C)cc3)[C@@H](NC(=O)CC(C)(C)C)c3ccccc3)C(C)=C1C2(C)C. The van der Waals surface area contributed by atoms with Gasteiger partial charge in [0.25, 0.3) is 0 Å². The molecule has 0 aromatic heterocycles. The summed E-state index contributed by atoms with van der Waals surface area (Å²) in [7, 11) is 7.12. The van der Waals surface area contributed by atoms with E-state index in [9.17, 15) is 53.1 Å². The molecular formula is C78H109N9O21. The molecule has 1 heterocycles. The summed E-state index contributed by atoms with van der Waals surface area (Å²) < 4.78 is 49.8. The summed E-state index contributed by atoms with van der Waals surface area (Å²) in [5, 5.41) is 27.8. The molecule has 3 aliphatic carbocycles. The molecular weight excluding hydrogens is 1400 g/mol. The Balaban J connectivity index is 1.11. The standard InChI is InChI=1S/C78H109N9O21/c1-44(2)53(89)40-85(13)41-58(91)84-60(45(3)4)68(94)82-52(29-24-34-80-71(79)97)67(93)81-51-32-30-48(31-33-51)42-103-72(98)86(14)35-36-87(15)73(99)106-63(61(49-25-20-18-21-26-49)83-57(90)39-74(7,8)9)70(96)105-54-38-78(100)66(107-69(95)50-27-22-19-23-28-50)64-76(12,65(92)62(102-17)59(46(54)5)75(78,10)11)55(101-16)37-56-77(64,43-104-56)108-47(6)88/h18-23,25-28,30-33,44-45,52,54-56,60-64,66,100H,24,29,34-43H2,1-17H3,(H,81,93)(H,82,94)(H,83,90)(H,84,91)(H3,79,80,97)/t52-,54-,55-,56+,60-,61-,62+,63+,64-,66-,76+,77-,78+/m0/s1. The van der Waals surface area contributed by atoms with E-state index in [1.165, 1.54) is 52.3 Å². The summed E-state index contributed by atoms with van der Waals surface area (Å²) in [4.78, 5) is 171. The van der Waals surface area contributed by atoms with E-state index in [-0.39, 0.29) is 100 Å². The van der Waals surface area contributed by atoms with E-state index in [2.05, 4.69) is 26.6 Å². The molecule has 4 aliphatic rings. The van der Waals surface area contributed by atoms with Crippen molar-refractivity contribution in [3.63, 3.8) is 0 Å². The minimum absolute atomic E-state index is 0.0361. The topological polar surface area (TPSA) is 395 Å². The van der Waals surface area contributed by atoms with Crippen molar-refractivity contribution in [1.29, 1.82) is 0 Å². The number of hydrogen-bond donors (Lipinski definition) is 7. The first kappa shape index (κ1) is 85.9. The van der Waals surface area contributed by atoms with Crippen LogP contribution in [0.4, 0.5) is 20.1 Å². The fourth-order valence-corrected chi connectivity index (χ4v) is 14.8. The second-order valence-corrected chi connectivity index (χ2v) is 31.2. The lowest BCUT2D eigenvalue weighted by Gasteiger charge is -2.67. The number of methoxy groups -OCH3 is 2. The van der Waals surface area contributed by atoms with Crippen LogP contribution in [0, 0.1) is 34.0 Å². The Morgan fingerprint density at radius 3 is 1.94 bits per heavy atom. The van der Waals surface area contributed by atoms with Crippen molar-refractivity contribution < 1.29 is 101 Å². The van der Waals surface area contributed by atoms with E-state index in [0.717, 1.165) is 4.90 Å². The van der Waals surface area contributed by atoms with Gasteiger partial charge in [0.05, 0.1) is 42.7 Å². The van der Waals surface area contributed by atoms with Gasteiger partial charge in [-0.05, 0) is 91.6 Å². The lowest BCUT2D eigenvalue weighted by Crippen LogP contribution is -2.82. The summed E-state index contributed by atoms with van der Waals surface area (Å²) >= 11 is 0. The first-order chi connectivity index (χ1) is 50.6. The van der Waals surface area contributed by atoms with Crippen LogP contribution in [-0.2, 0) is 82.9 Å². The lowest BCUT2D eigenvalue weighted by molar-refractivity contribution is -0.347. The van der Waals surface area contributed by atoms with Gasteiger partial charge in [0.1, 0.15) is 60.5 Å². The minimum Gasteiger partial charge on any atom is -0.455 e. The van der Waals surface area contributed by atoms with Crippen LogP contribution in [0.3, 0.4) is 0 Å². The van der Waals surface area contributed by atoms with Gasteiger partial charge in [0, 0.05) is 91.2 Å². The van der Waals surface area contributed by atoms with Gasteiger partial charge in [0.2, 0.25) is 29.7 Å². The fraction of sp³-hybridized carbons (Fsp3) is 0.590. The number of carbonyl (C=O) groups is 12. The number of benzene rings is 3. The molecule has 1 aliphatic heterocycles. The molecule has 30 heteroatoms. The van der Waals surface area contributed by atoms with Crippen LogP contribution in [0.2, 0.25) is 0 Å². The monoisotopic (exact) mass is 1510 g/mol. The third kappa shape index (κ3) is 20.1. The second kappa shape index (κ2) is 36.2. The Bertz CT molecular complexity index is 3790. The van der Waals surface area contributed by atoms with E-state index in [1.54, 1.807) is 140 Å². The number of amides is 8. The van der Waals surface area contributed by atoms with Crippen molar-refractivity contribution in [1.82, 2.24) is 36.0 Å². The molecule has 0 unspecified atom stereocenters. The van der Waals surface area contributed by atoms with E-state index >= 15 is 9.59 Å². The maximum Gasteiger partial charge on any atom is 0.410 e. The maximum atomic E-state index is 16.1. The zero-order valence-corrected chi connectivity index (χ0v) is 65.0. The predicted octanol–water partition coefficient (Wildman–Crippen LogP) is 6.11. The van der Waals surface area contributed by atoms with E-state index in [4.69, 9.17) is 43.6 Å². The quantitative estimate of drug-likeness (QED) is 0.0160. The number of anilines is 1. The number of fused-ring (bicyclic) bond motifs is 5. The Hall–Kier alpha value is -9.36. The Labute approximate surface area is 631 Å². The first-order valence-electron chi connectivity index (χ1n) is 36.3. The molecule has 3 aromatic carbocycles. The van der Waals surface area contributed by atoms with Crippen LogP contribution < -0.4 is 32.3 Å². The van der Waals surface area contributed by atoms with Crippen molar-refractivity contribution >= 4 is 77.0 Å². The third-order valence-corrected chi connectivity index (χ3v) is 20.9. The van der Waals surface area contributed by atoms with Crippen molar-refractivity contribution in [3.05, 3.63) is 113 Å². The van der Waals surface area contributed by atoms with E-state index in [0.29, 0.717) is 16.8 Å². The summed E-state index contributed by atoms with van der Waals surface area (Å²) in [6.07, 6.45) is -10.9. The molecule has 592 valence electrons. The van der Waals surface area contributed by atoms with Gasteiger partial charge in [-0.15, -0.1) is 0 Å². The first-order valence-corrected chi connectivity index (χ1v) is 36.3. The summed E-state index contributed by atoms with van der Waals surface area (Å²) in [5.74, 6) is -7.89.